The molecule has 2 aromatic carbocycles. The Morgan fingerprint density at radius 1 is 1.09 bits per heavy atom. The van der Waals surface area contributed by atoms with Crippen LogP contribution in [0.15, 0.2) is 69.8 Å². The second-order valence-corrected chi connectivity index (χ2v) is 9.44. The second kappa shape index (κ2) is 11.1. The molecule has 0 spiro atoms. The summed E-state index contributed by atoms with van der Waals surface area (Å²) in [7, 11) is 0. The van der Waals surface area contributed by atoms with Gasteiger partial charge in [-0.15, -0.1) is 0 Å². The number of thioether (sulfide) groups is 1. The lowest BCUT2D eigenvalue weighted by Gasteiger charge is -2.19. The molecule has 1 heterocycles. The van der Waals surface area contributed by atoms with E-state index in [2.05, 4.69) is 4.99 Å². The van der Waals surface area contributed by atoms with Crippen molar-refractivity contribution in [1.82, 2.24) is 0 Å². The number of aliphatic hydroxyl groups is 1. The molecule has 0 radical (unpaired) electrons. The molecule has 0 aliphatic carbocycles. The lowest BCUT2D eigenvalue weighted by atomic mass is 10.1. The maximum atomic E-state index is 12.5. The van der Waals surface area contributed by atoms with Gasteiger partial charge in [0.15, 0.2) is 18.1 Å². The second-order valence-electron chi connectivity index (χ2n) is 8.41. The number of esters is 2. The summed E-state index contributed by atoms with van der Waals surface area (Å²) in [5, 5.41) is 21.4. The number of aliphatic imine (C=N–C) groups is 1. The Morgan fingerprint density at radius 2 is 1.80 bits per heavy atom. The molecule has 35 heavy (non-hydrogen) atoms. The number of benzene rings is 2. The van der Waals surface area contributed by atoms with Crippen LogP contribution in [0.3, 0.4) is 0 Å². The number of phenols is 1. The normalized spacial score (nSPS) is 16.0. The van der Waals surface area contributed by atoms with Crippen LogP contribution in [0.4, 0.5) is 5.69 Å². The van der Waals surface area contributed by atoms with E-state index < -0.39 is 17.5 Å². The molecular formula is C26H27NO7S. The van der Waals surface area contributed by atoms with Crippen molar-refractivity contribution in [2.45, 2.75) is 33.3 Å². The molecule has 0 fully saturated rings. The van der Waals surface area contributed by atoms with Gasteiger partial charge >= 0.3 is 11.9 Å². The number of aliphatic hydroxyl groups excluding tert-OH is 1. The van der Waals surface area contributed by atoms with Crippen LogP contribution in [-0.2, 0) is 19.1 Å². The molecule has 0 saturated carbocycles. The van der Waals surface area contributed by atoms with Gasteiger partial charge in [0.25, 0.3) is 0 Å². The predicted octanol–water partition coefficient (Wildman–Crippen LogP) is 5.31. The van der Waals surface area contributed by atoms with Crippen molar-refractivity contribution in [3.8, 4) is 11.5 Å². The number of carbonyl (C=O) groups is 2. The topological polar surface area (TPSA) is 115 Å². The van der Waals surface area contributed by atoms with Crippen molar-refractivity contribution in [2.24, 2.45) is 4.99 Å². The zero-order valence-electron chi connectivity index (χ0n) is 19.9. The van der Waals surface area contributed by atoms with Crippen molar-refractivity contribution in [3.05, 3.63) is 70.3 Å². The summed E-state index contributed by atoms with van der Waals surface area (Å²) in [6.45, 7) is 6.72. The average Bonchev–Trinajstić information content (AvgIpc) is 3.07. The average molecular weight is 498 g/mol. The van der Waals surface area contributed by atoms with Crippen molar-refractivity contribution in [3.63, 3.8) is 0 Å². The van der Waals surface area contributed by atoms with Crippen molar-refractivity contribution in [1.29, 1.82) is 0 Å². The Bertz CT molecular complexity index is 1190. The standard InChI is InChI=1S/C26H27NO7S/c1-5-32-25(31)22-23(30)20(35-24(22)27-17-9-7-6-8-10-17)14-16-11-12-19(18(28)13-16)33-15-21(29)34-26(2,3)4/h6-14,28,30H,5,15H2,1-4H3/b20-14-,27-24?. The first-order valence-electron chi connectivity index (χ1n) is 10.9. The summed E-state index contributed by atoms with van der Waals surface area (Å²) in [5.74, 6) is -1.58. The van der Waals surface area contributed by atoms with E-state index in [0.29, 0.717) is 21.2 Å². The number of nitrogens with zero attached hydrogens (tertiary/aromatic N) is 1. The molecular weight excluding hydrogens is 470 g/mol. The fourth-order valence-corrected chi connectivity index (χ4v) is 4.05. The number of para-hydroxylation sites is 1. The first-order valence-corrected chi connectivity index (χ1v) is 11.7. The van der Waals surface area contributed by atoms with Crippen LogP contribution in [-0.4, -0.2) is 46.0 Å². The Morgan fingerprint density at radius 3 is 2.43 bits per heavy atom. The van der Waals surface area contributed by atoms with Gasteiger partial charge in [-0.1, -0.05) is 36.0 Å². The minimum Gasteiger partial charge on any atom is -0.506 e. The molecule has 0 aromatic heterocycles. The summed E-state index contributed by atoms with van der Waals surface area (Å²) >= 11 is 1.11. The van der Waals surface area contributed by atoms with E-state index in [0.717, 1.165) is 11.8 Å². The van der Waals surface area contributed by atoms with E-state index in [-0.39, 0.29) is 36.0 Å². The third kappa shape index (κ3) is 7.13. The van der Waals surface area contributed by atoms with Gasteiger partial charge in [0.05, 0.1) is 17.2 Å². The number of ether oxygens (including phenoxy) is 3. The van der Waals surface area contributed by atoms with Crippen molar-refractivity contribution in [2.75, 3.05) is 13.2 Å². The molecule has 8 nitrogen and oxygen atoms in total. The van der Waals surface area contributed by atoms with E-state index in [9.17, 15) is 19.8 Å². The first kappa shape index (κ1) is 25.9. The van der Waals surface area contributed by atoms with E-state index in [1.165, 1.54) is 12.1 Å². The zero-order chi connectivity index (χ0) is 25.6. The lowest BCUT2D eigenvalue weighted by Crippen LogP contribution is -2.27. The smallest absolute Gasteiger partial charge is 0.344 e. The summed E-state index contributed by atoms with van der Waals surface area (Å²) in [4.78, 5) is 29.2. The summed E-state index contributed by atoms with van der Waals surface area (Å²) in [5.41, 5.74) is 0.492. The van der Waals surface area contributed by atoms with Gasteiger partial charge in [0, 0.05) is 0 Å². The molecule has 3 rings (SSSR count). The van der Waals surface area contributed by atoms with Gasteiger partial charge in [-0.2, -0.15) is 0 Å². The fourth-order valence-electron chi connectivity index (χ4n) is 3.02. The maximum absolute atomic E-state index is 12.5. The lowest BCUT2D eigenvalue weighted by molar-refractivity contribution is -0.157. The Kier molecular flexibility index (Phi) is 8.24. The predicted molar refractivity (Wildman–Crippen MR) is 135 cm³/mol. The third-order valence-electron chi connectivity index (χ3n) is 4.40. The minimum atomic E-state index is -0.677. The molecule has 0 amide bonds. The van der Waals surface area contributed by atoms with Gasteiger partial charge in [-0.3, -0.25) is 0 Å². The molecule has 0 atom stereocenters. The van der Waals surface area contributed by atoms with E-state index >= 15 is 0 Å². The monoisotopic (exact) mass is 497 g/mol. The summed E-state index contributed by atoms with van der Waals surface area (Å²) in [6, 6.07) is 13.6. The van der Waals surface area contributed by atoms with E-state index in [1.807, 2.05) is 18.2 Å². The quantitative estimate of drug-likeness (QED) is 0.495. The highest BCUT2D eigenvalue weighted by molar-refractivity contribution is 8.18. The molecule has 9 heteroatoms. The van der Waals surface area contributed by atoms with Gasteiger partial charge < -0.3 is 24.4 Å². The van der Waals surface area contributed by atoms with Gasteiger partial charge in [-0.05, 0) is 63.6 Å². The third-order valence-corrected chi connectivity index (χ3v) is 5.42. The highest BCUT2D eigenvalue weighted by Crippen LogP contribution is 2.41. The van der Waals surface area contributed by atoms with Crippen LogP contribution in [0.2, 0.25) is 0 Å². The highest BCUT2D eigenvalue weighted by atomic mass is 32.2. The zero-order valence-corrected chi connectivity index (χ0v) is 20.7. The van der Waals surface area contributed by atoms with Crippen LogP contribution < -0.4 is 4.74 Å². The fraction of sp³-hybridized carbons (Fsp3) is 0.269. The number of hydrogen-bond acceptors (Lipinski definition) is 9. The maximum Gasteiger partial charge on any atom is 0.344 e. The Labute approximate surface area is 207 Å². The molecule has 0 unspecified atom stereocenters. The van der Waals surface area contributed by atoms with Gasteiger partial charge in [0.2, 0.25) is 0 Å². The SMILES string of the molecule is CCOC(=O)C1=C(O)/C(=C/c2ccc(OCC(=O)OC(C)(C)C)c(O)c2)SC1=Nc1ccccc1. The van der Waals surface area contributed by atoms with Crippen LogP contribution in [0.5, 0.6) is 11.5 Å². The Balaban J connectivity index is 1.84. The summed E-state index contributed by atoms with van der Waals surface area (Å²) < 4.78 is 15.6. The van der Waals surface area contributed by atoms with Gasteiger partial charge in [0.1, 0.15) is 22.0 Å². The molecule has 1 aliphatic rings. The number of hydrogen-bond donors (Lipinski definition) is 2. The van der Waals surface area contributed by atoms with Gasteiger partial charge in [-0.25, -0.2) is 14.6 Å². The molecule has 2 N–H and O–H groups in total. The molecule has 184 valence electrons. The van der Waals surface area contributed by atoms with Crippen LogP contribution >= 0.6 is 11.8 Å². The van der Waals surface area contributed by atoms with Crippen LogP contribution in [0, 0.1) is 0 Å². The molecule has 0 bridgehead atoms. The number of aromatic hydroxyl groups is 1. The highest BCUT2D eigenvalue weighted by Gasteiger charge is 2.33. The summed E-state index contributed by atoms with van der Waals surface area (Å²) in [6.07, 6.45) is 1.60. The first-order chi connectivity index (χ1) is 16.6. The van der Waals surface area contributed by atoms with Crippen molar-refractivity contribution >= 4 is 40.5 Å². The number of carbonyl (C=O) groups excluding carboxylic acids is 2. The van der Waals surface area contributed by atoms with Crippen LogP contribution in [0.25, 0.3) is 6.08 Å². The Hall–Kier alpha value is -3.72. The van der Waals surface area contributed by atoms with E-state index in [4.69, 9.17) is 14.2 Å². The minimum absolute atomic E-state index is 0.0199. The molecule has 2 aromatic rings. The van der Waals surface area contributed by atoms with E-state index in [1.54, 1.807) is 52.0 Å². The van der Waals surface area contributed by atoms with Crippen LogP contribution in [0.1, 0.15) is 33.3 Å². The molecule has 1 aliphatic heterocycles. The number of phenolic OH excluding ortho intramolecular Hbond substituents is 1. The number of rotatable bonds is 7. The van der Waals surface area contributed by atoms with Crippen molar-refractivity contribution < 1.29 is 34.0 Å². The molecule has 0 saturated heterocycles. The largest absolute Gasteiger partial charge is 0.506 e.